The molecule has 5 heteroatoms. The van der Waals surface area contributed by atoms with Crippen molar-refractivity contribution in [1.29, 1.82) is 0 Å². The van der Waals surface area contributed by atoms with E-state index in [1.807, 2.05) is 23.1 Å². The fourth-order valence-corrected chi connectivity index (χ4v) is 2.82. The molecule has 1 aromatic rings. The molecule has 22 heavy (non-hydrogen) atoms. The third kappa shape index (κ3) is 4.06. The first-order chi connectivity index (χ1) is 10.7. The Bertz CT molecular complexity index is 489. The van der Waals surface area contributed by atoms with Crippen molar-refractivity contribution in [2.45, 2.75) is 26.1 Å². The van der Waals surface area contributed by atoms with Gasteiger partial charge in [-0.1, -0.05) is 25.1 Å². The predicted molar refractivity (Wildman–Crippen MR) is 87.0 cm³/mol. The fourth-order valence-electron chi connectivity index (χ4n) is 2.82. The fraction of sp³-hybridized carbons (Fsp3) is 0.588. The van der Waals surface area contributed by atoms with Crippen LogP contribution in [0, 0.1) is 0 Å². The van der Waals surface area contributed by atoms with Gasteiger partial charge in [0.2, 0.25) is 5.91 Å². The van der Waals surface area contributed by atoms with Crippen LogP contribution in [0.2, 0.25) is 0 Å². The lowest BCUT2D eigenvalue weighted by atomic mass is 10.2. The highest BCUT2D eigenvalue weighted by atomic mass is 16.7. The molecule has 0 aromatic heterocycles. The number of para-hydroxylation sites is 1. The van der Waals surface area contributed by atoms with Gasteiger partial charge < -0.3 is 14.4 Å². The lowest BCUT2D eigenvalue weighted by Crippen LogP contribution is -2.38. The van der Waals surface area contributed by atoms with Crippen LogP contribution in [0.4, 0.5) is 5.69 Å². The Morgan fingerprint density at radius 3 is 2.73 bits per heavy atom. The van der Waals surface area contributed by atoms with E-state index in [0.717, 1.165) is 31.7 Å². The van der Waals surface area contributed by atoms with Gasteiger partial charge in [-0.25, -0.2) is 0 Å². The number of amides is 1. The molecule has 1 aromatic carbocycles. The molecule has 5 nitrogen and oxygen atoms in total. The Morgan fingerprint density at radius 2 is 2.05 bits per heavy atom. The van der Waals surface area contributed by atoms with Crippen LogP contribution in [0.15, 0.2) is 24.3 Å². The second kappa shape index (κ2) is 8.27. The van der Waals surface area contributed by atoms with E-state index in [-0.39, 0.29) is 12.2 Å². The van der Waals surface area contributed by atoms with Crippen molar-refractivity contribution in [2.24, 2.45) is 0 Å². The average molecular weight is 306 g/mol. The Labute approximate surface area is 132 Å². The van der Waals surface area contributed by atoms with Crippen LogP contribution in [0.25, 0.3) is 0 Å². The summed E-state index contributed by atoms with van der Waals surface area (Å²) in [5.41, 5.74) is 2.34. The Kier molecular flexibility index (Phi) is 6.36. The van der Waals surface area contributed by atoms with Crippen LogP contribution >= 0.6 is 0 Å². The van der Waals surface area contributed by atoms with Crippen LogP contribution in [0.1, 0.15) is 18.9 Å². The molecule has 2 rings (SSSR count). The Hall–Kier alpha value is -1.43. The van der Waals surface area contributed by atoms with Crippen LogP contribution in [-0.2, 0) is 20.7 Å². The average Bonchev–Trinajstić information content (AvgIpc) is 2.99. The molecule has 0 saturated carbocycles. The molecular formula is C17H26N2O3. The zero-order valence-corrected chi connectivity index (χ0v) is 13.7. The number of fused-ring (bicyclic) bond motifs is 1. The second-order valence-corrected chi connectivity index (χ2v) is 5.47. The minimum absolute atomic E-state index is 0.190. The Balaban J connectivity index is 1.87. The zero-order valence-electron chi connectivity index (χ0n) is 13.7. The van der Waals surface area contributed by atoms with Gasteiger partial charge in [0.25, 0.3) is 0 Å². The molecule has 0 bridgehead atoms. The third-order valence-electron chi connectivity index (χ3n) is 4.21. The zero-order chi connectivity index (χ0) is 15.9. The van der Waals surface area contributed by atoms with E-state index in [4.69, 9.17) is 9.47 Å². The summed E-state index contributed by atoms with van der Waals surface area (Å²) in [4.78, 5) is 16.6. The van der Waals surface area contributed by atoms with Crippen molar-refractivity contribution in [2.75, 3.05) is 45.3 Å². The number of hydrogen-bond acceptors (Lipinski definition) is 4. The monoisotopic (exact) mass is 306 g/mol. The molecule has 122 valence electrons. The molecule has 0 unspecified atom stereocenters. The first-order valence-corrected chi connectivity index (χ1v) is 7.85. The minimum atomic E-state index is -0.248. The van der Waals surface area contributed by atoms with Gasteiger partial charge in [-0.3, -0.25) is 9.69 Å². The highest BCUT2D eigenvalue weighted by Crippen LogP contribution is 2.27. The van der Waals surface area contributed by atoms with E-state index in [2.05, 4.69) is 17.9 Å². The number of carbonyl (C=O) groups excluding carboxylic acids is 1. The van der Waals surface area contributed by atoms with Crippen molar-refractivity contribution in [3.05, 3.63) is 29.8 Å². The van der Waals surface area contributed by atoms with E-state index in [1.165, 1.54) is 5.56 Å². The highest BCUT2D eigenvalue weighted by Gasteiger charge is 2.24. The quantitative estimate of drug-likeness (QED) is 0.688. The number of anilines is 1. The number of nitrogens with zero attached hydrogens (tertiary/aromatic N) is 2. The molecule has 0 spiro atoms. The maximum Gasteiger partial charge on any atom is 0.228 e. The summed E-state index contributed by atoms with van der Waals surface area (Å²) in [6.07, 6.45) is 1.22. The van der Waals surface area contributed by atoms with Crippen molar-refractivity contribution in [3.63, 3.8) is 0 Å². The largest absolute Gasteiger partial charge is 0.355 e. The van der Waals surface area contributed by atoms with Gasteiger partial charge in [0.15, 0.2) is 6.29 Å². The molecule has 1 amide bonds. The summed E-state index contributed by atoms with van der Waals surface area (Å²) in [5, 5.41) is 0. The van der Waals surface area contributed by atoms with Crippen molar-refractivity contribution >= 4 is 11.6 Å². The second-order valence-electron chi connectivity index (χ2n) is 5.47. The van der Waals surface area contributed by atoms with E-state index in [9.17, 15) is 4.79 Å². The SMILES string of the molecule is CCN(CCC(=O)N1CCc2ccccc21)CC(OC)OC. The number of rotatable bonds is 8. The predicted octanol–water partition coefficient (Wildman–Crippen LogP) is 1.91. The van der Waals surface area contributed by atoms with Gasteiger partial charge in [0.05, 0.1) is 0 Å². The summed E-state index contributed by atoms with van der Waals surface area (Å²) in [6, 6.07) is 8.15. The summed E-state index contributed by atoms with van der Waals surface area (Å²) in [6.45, 7) is 5.14. The molecule has 0 saturated heterocycles. The molecule has 1 aliphatic heterocycles. The van der Waals surface area contributed by atoms with Gasteiger partial charge in [-0.15, -0.1) is 0 Å². The standard InChI is InChI=1S/C17H26N2O3/c1-4-18(13-17(21-2)22-3)11-10-16(20)19-12-9-14-7-5-6-8-15(14)19/h5-8,17H,4,9-13H2,1-3H3. The normalized spacial score (nSPS) is 14.0. The molecule has 0 radical (unpaired) electrons. The van der Waals surface area contributed by atoms with E-state index < -0.39 is 0 Å². The summed E-state index contributed by atoms with van der Waals surface area (Å²) >= 11 is 0. The van der Waals surface area contributed by atoms with E-state index in [0.29, 0.717) is 13.0 Å². The van der Waals surface area contributed by atoms with Crippen molar-refractivity contribution in [1.82, 2.24) is 4.90 Å². The lowest BCUT2D eigenvalue weighted by Gasteiger charge is -2.25. The van der Waals surface area contributed by atoms with Crippen molar-refractivity contribution in [3.8, 4) is 0 Å². The van der Waals surface area contributed by atoms with Gasteiger partial charge in [0, 0.05) is 46.0 Å². The topological polar surface area (TPSA) is 42.0 Å². The van der Waals surface area contributed by atoms with Gasteiger partial charge in [-0.05, 0) is 24.6 Å². The number of benzene rings is 1. The van der Waals surface area contributed by atoms with Crippen molar-refractivity contribution < 1.29 is 14.3 Å². The minimum Gasteiger partial charge on any atom is -0.355 e. The van der Waals surface area contributed by atoms with Crippen LogP contribution < -0.4 is 4.90 Å². The molecule has 0 atom stereocenters. The van der Waals surface area contributed by atoms with Gasteiger partial charge in [-0.2, -0.15) is 0 Å². The highest BCUT2D eigenvalue weighted by molar-refractivity contribution is 5.95. The molecule has 0 N–H and O–H groups in total. The molecule has 0 fully saturated rings. The lowest BCUT2D eigenvalue weighted by molar-refractivity contribution is -0.122. The first-order valence-electron chi connectivity index (χ1n) is 7.85. The van der Waals surface area contributed by atoms with Gasteiger partial charge in [0.1, 0.15) is 0 Å². The smallest absolute Gasteiger partial charge is 0.228 e. The Morgan fingerprint density at radius 1 is 1.32 bits per heavy atom. The number of hydrogen-bond donors (Lipinski definition) is 0. The molecule has 1 aliphatic rings. The van der Waals surface area contributed by atoms with Crippen LogP contribution in [0.5, 0.6) is 0 Å². The van der Waals surface area contributed by atoms with Crippen LogP contribution in [0.3, 0.4) is 0 Å². The number of likely N-dealkylation sites (N-methyl/N-ethyl adjacent to an activating group) is 1. The number of ether oxygens (including phenoxy) is 2. The number of methoxy groups -OCH3 is 2. The summed E-state index contributed by atoms with van der Waals surface area (Å²) < 4.78 is 10.5. The van der Waals surface area contributed by atoms with E-state index in [1.54, 1.807) is 14.2 Å². The van der Waals surface area contributed by atoms with Crippen LogP contribution in [-0.4, -0.2) is 57.5 Å². The summed E-state index contributed by atoms with van der Waals surface area (Å²) in [7, 11) is 3.27. The summed E-state index contributed by atoms with van der Waals surface area (Å²) in [5.74, 6) is 0.190. The maximum atomic E-state index is 12.5. The third-order valence-corrected chi connectivity index (χ3v) is 4.21. The number of carbonyl (C=O) groups is 1. The van der Waals surface area contributed by atoms with Gasteiger partial charge >= 0.3 is 0 Å². The first kappa shape index (κ1) is 16.9. The van der Waals surface area contributed by atoms with E-state index >= 15 is 0 Å². The maximum absolute atomic E-state index is 12.5. The molecule has 0 aliphatic carbocycles. The molecule has 1 heterocycles. The molecular weight excluding hydrogens is 280 g/mol.